The molecule has 0 aliphatic rings. The Morgan fingerprint density at radius 2 is 0.714 bits per heavy atom. The van der Waals surface area contributed by atoms with Crippen molar-refractivity contribution in [2.75, 3.05) is 52.9 Å². The number of rotatable bonds is 18. The third kappa shape index (κ3) is 13.8. The Morgan fingerprint density at radius 1 is 0.464 bits per heavy atom. The van der Waals surface area contributed by atoms with E-state index in [4.69, 9.17) is 35.4 Å². The molecule has 0 fully saturated rings. The molecule has 0 amide bonds. The molecule has 0 bridgehead atoms. The van der Waals surface area contributed by atoms with E-state index in [0.29, 0.717) is 0 Å². The quantitative estimate of drug-likeness (QED) is 0.189. The summed E-state index contributed by atoms with van der Waals surface area (Å²) in [5.74, 6) is 0. The predicted octanol–water partition coefficient (Wildman–Crippen LogP) is 1.47. The van der Waals surface area contributed by atoms with Gasteiger partial charge in [0.2, 0.25) is 0 Å². The van der Waals surface area contributed by atoms with Gasteiger partial charge < -0.3 is 35.4 Å². The fourth-order valence-electron chi connectivity index (χ4n) is 2.44. The molecule has 0 aliphatic heterocycles. The van der Waals surface area contributed by atoms with Gasteiger partial charge in [-0.05, 0) is 0 Å². The van der Waals surface area contributed by atoms with Crippen LogP contribution in [0.5, 0.6) is 0 Å². The van der Waals surface area contributed by atoms with Crippen LogP contribution in [0.4, 0.5) is 0 Å². The van der Waals surface area contributed by atoms with Crippen LogP contribution in [0.3, 0.4) is 0 Å². The lowest BCUT2D eigenvalue weighted by atomic mass is 9.91. The van der Waals surface area contributed by atoms with Crippen molar-refractivity contribution in [1.82, 2.24) is 0 Å². The molecule has 0 aromatic rings. The number of aliphatic hydroxyl groups excluding tert-OH is 6. The van der Waals surface area contributed by atoms with Crippen LogP contribution in [0.2, 0.25) is 0 Å². The second-order valence-electron chi connectivity index (χ2n) is 7.92. The van der Waals surface area contributed by atoms with Crippen LogP contribution in [-0.4, -0.2) is 83.5 Å². The van der Waals surface area contributed by atoms with Gasteiger partial charge in [-0.15, -0.1) is 0 Å². The van der Waals surface area contributed by atoms with Crippen LogP contribution in [0.1, 0.15) is 71.6 Å². The van der Waals surface area contributed by atoms with Crippen LogP contribution in [0.15, 0.2) is 0 Å². The molecule has 0 aromatic heterocycles. The van der Waals surface area contributed by atoms with Gasteiger partial charge in [-0.3, -0.25) is 0 Å². The second kappa shape index (κ2) is 20.0. The molecular weight excluding hydrogens is 364 g/mol. The van der Waals surface area contributed by atoms with Crippen molar-refractivity contribution in [2.45, 2.75) is 71.6 Å². The van der Waals surface area contributed by atoms with E-state index in [-0.39, 0.29) is 13.2 Å². The van der Waals surface area contributed by atoms with Gasteiger partial charge in [-0.25, -0.2) is 0 Å². The average Bonchev–Trinajstić information content (AvgIpc) is 2.75. The summed E-state index contributed by atoms with van der Waals surface area (Å²) in [7, 11) is 0. The summed E-state index contributed by atoms with van der Waals surface area (Å²) in [6.45, 7) is 1.54. The van der Waals surface area contributed by atoms with E-state index in [1.54, 1.807) is 0 Å². The van der Waals surface area contributed by atoms with E-state index >= 15 is 0 Å². The maximum atomic E-state index is 9.03. The molecule has 0 radical (unpaired) electrons. The number of unbranched alkanes of at least 4 members (excludes halogenated alkanes) is 8. The monoisotopic (exact) mass is 410 g/mol. The molecule has 0 aromatic carbocycles. The van der Waals surface area contributed by atoms with Crippen molar-refractivity contribution >= 4 is 0 Å². The second-order valence-corrected chi connectivity index (χ2v) is 7.92. The zero-order chi connectivity index (χ0) is 21.7. The lowest BCUT2D eigenvalue weighted by Crippen LogP contribution is -2.43. The highest BCUT2D eigenvalue weighted by atomic mass is 16.5. The van der Waals surface area contributed by atoms with Gasteiger partial charge in [0.15, 0.2) is 0 Å². The number of hydrogen-bond donors (Lipinski definition) is 6. The van der Waals surface area contributed by atoms with Crippen molar-refractivity contribution in [3.63, 3.8) is 0 Å². The molecule has 0 saturated heterocycles. The largest absolute Gasteiger partial charge is 0.396 e. The number of hydrogen-bond acceptors (Lipinski definition) is 7. The third-order valence-electron chi connectivity index (χ3n) is 5.04. The molecule has 7 heteroatoms. The molecule has 0 spiro atoms. The Balaban J connectivity index is 0. The lowest BCUT2D eigenvalue weighted by Gasteiger charge is -2.31. The third-order valence-corrected chi connectivity index (χ3v) is 5.04. The Bertz CT molecular complexity index is 261. The molecule has 28 heavy (non-hydrogen) atoms. The highest BCUT2D eigenvalue weighted by Crippen LogP contribution is 2.19. The van der Waals surface area contributed by atoms with E-state index in [0.717, 1.165) is 0 Å². The molecule has 172 valence electrons. The van der Waals surface area contributed by atoms with E-state index in [2.05, 4.69) is 13.8 Å². The molecule has 0 aliphatic carbocycles. The highest BCUT2D eigenvalue weighted by molar-refractivity contribution is 4.80. The maximum Gasteiger partial charge on any atom is 0.0629 e. The van der Waals surface area contributed by atoms with Gasteiger partial charge >= 0.3 is 0 Å². The fourth-order valence-corrected chi connectivity index (χ4v) is 2.44. The smallest absolute Gasteiger partial charge is 0.0629 e. The molecule has 0 atom stereocenters. The SMILES string of the molecule is CCCCCCCCCCC.OCC(CO)(CO)COCC(CO)(CO)CO. The topological polar surface area (TPSA) is 131 Å². The Labute approximate surface area is 171 Å². The fraction of sp³-hybridized carbons (Fsp3) is 1.00. The van der Waals surface area contributed by atoms with Crippen LogP contribution < -0.4 is 0 Å². The van der Waals surface area contributed by atoms with Crippen molar-refractivity contribution in [2.24, 2.45) is 10.8 Å². The van der Waals surface area contributed by atoms with E-state index in [1.165, 1.54) is 57.8 Å². The minimum absolute atomic E-state index is 0.141. The normalized spacial score (nSPS) is 12.0. The minimum Gasteiger partial charge on any atom is -0.396 e. The molecule has 7 nitrogen and oxygen atoms in total. The van der Waals surface area contributed by atoms with Crippen LogP contribution in [0, 0.1) is 10.8 Å². The first kappa shape index (κ1) is 29.9. The van der Waals surface area contributed by atoms with Crippen molar-refractivity contribution in [1.29, 1.82) is 0 Å². The average molecular weight is 411 g/mol. The molecule has 0 unspecified atom stereocenters. The Kier molecular flexibility index (Phi) is 21.4. The Hall–Kier alpha value is -0.280. The van der Waals surface area contributed by atoms with Crippen molar-refractivity contribution in [3.8, 4) is 0 Å². The van der Waals surface area contributed by atoms with Crippen LogP contribution in [-0.2, 0) is 4.74 Å². The maximum absolute atomic E-state index is 9.03. The summed E-state index contributed by atoms with van der Waals surface area (Å²) >= 11 is 0. The van der Waals surface area contributed by atoms with Gasteiger partial charge in [0.05, 0.1) is 63.7 Å². The van der Waals surface area contributed by atoms with Crippen molar-refractivity contribution in [3.05, 3.63) is 0 Å². The summed E-state index contributed by atoms with van der Waals surface area (Å²) in [6.07, 6.45) is 13.0. The minimum atomic E-state index is -1.16. The van der Waals surface area contributed by atoms with Crippen LogP contribution >= 0.6 is 0 Å². The number of aliphatic hydroxyl groups is 6. The standard InChI is InChI=1S/C11H24.C10H22O7/c1-3-5-7-9-11-10-8-6-4-2;11-1-9(2-12,3-13)7-17-8-10(4-14,5-15)6-16/h3-11H2,1-2H3;11-16H,1-8H2. The van der Waals surface area contributed by atoms with E-state index in [9.17, 15) is 0 Å². The molecular formula is C21H46O7. The molecule has 0 rings (SSSR count). The molecule has 6 N–H and O–H groups in total. The Morgan fingerprint density at radius 3 is 0.929 bits per heavy atom. The lowest BCUT2D eigenvalue weighted by molar-refractivity contribution is -0.103. The van der Waals surface area contributed by atoms with Crippen molar-refractivity contribution < 1.29 is 35.4 Å². The van der Waals surface area contributed by atoms with E-state index in [1.807, 2.05) is 0 Å². The summed E-state index contributed by atoms with van der Waals surface area (Å²) in [6, 6.07) is 0. The van der Waals surface area contributed by atoms with Crippen LogP contribution in [0.25, 0.3) is 0 Å². The highest BCUT2D eigenvalue weighted by Gasteiger charge is 2.32. The first-order chi connectivity index (χ1) is 13.5. The summed E-state index contributed by atoms with van der Waals surface area (Å²) < 4.78 is 5.15. The molecule has 0 saturated carbocycles. The first-order valence-corrected chi connectivity index (χ1v) is 10.7. The van der Waals surface area contributed by atoms with Gasteiger partial charge in [-0.1, -0.05) is 71.6 Å². The number of ether oxygens (including phenoxy) is 1. The first-order valence-electron chi connectivity index (χ1n) is 10.7. The predicted molar refractivity (Wildman–Crippen MR) is 111 cm³/mol. The van der Waals surface area contributed by atoms with E-state index < -0.39 is 50.5 Å². The summed E-state index contributed by atoms with van der Waals surface area (Å²) in [4.78, 5) is 0. The van der Waals surface area contributed by atoms with Gasteiger partial charge in [0.25, 0.3) is 0 Å². The summed E-state index contributed by atoms with van der Waals surface area (Å²) in [5.41, 5.74) is -2.32. The molecule has 0 heterocycles. The summed E-state index contributed by atoms with van der Waals surface area (Å²) in [5, 5.41) is 54.2. The van der Waals surface area contributed by atoms with Gasteiger partial charge in [-0.2, -0.15) is 0 Å². The van der Waals surface area contributed by atoms with Gasteiger partial charge in [0.1, 0.15) is 0 Å². The van der Waals surface area contributed by atoms with Gasteiger partial charge in [0, 0.05) is 0 Å². The zero-order valence-corrected chi connectivity index (χ0v) is 18.1. The zero-order valence-electron chi connectivity index (χ0n) is 18.1.